The fraction of sp³-hybridized carbons (Fsp3) is 0.423. The third kappa shape index (κ3) is 8.60. The highest BCUT2D eigenvalue weighted by Gasteiger charge is 2.40. The topological polar surface area (TPSA) is 71.5 Å². The van der Waals surface area contributed by atoms with Crippen LogP contribution in [0.3, 0.4) is 0 Å². The van der Waals surface area contributed by atoms with Crippen molar-refractivity contribution in [3.63, 3.8) is 0 Å². The van der Waals surface area contributed by atoms with E-state index in [-0.39, 0.29) is 13.0 Å². The highest BCUT2D eigenvalue weighted by atomic mass is 35.5. The number of aromatic nitrogens is 1. The number of benzene rings is 2. The van der Waals surface area contributed by atoms with Gasteiger partial charge in [-0.3, -0.25) is 20.0 Å². The maximum Gasteiger partial charge on any atom is 0.472 e. The Kier molecular flexibility index (Phi) is 10.6. The first kappa shape index (κ1) is 28.7. The molecule has 0 aliphatic heterocycles. The van der Waals surface area contributed by atoms with Crippen LogP contribution in [-0.2, 0) is 22.4 Å². The van der Waals surface area contributed by atoms with Crippen LogP contribution in [-0.4, -0.2) is 41.6 Å². The van der Waals surface area contributed by atoms with E-state index in [1.807, 2.05) is 30.3 Å². The normalized spacial score (nSPS) is 11.5. The number of halogens is 4. The molecular formula is C26H29ClF3N3O3S. The van der Waals surface area contributed by atoms with Crippen molar-refractivity contribution in [2.75, 3.05) is 13.7 Å². The summed E-state index contributed by atoms with van der Waals surface area (Å²) in [4.78, 5) is 28.4. The Morgan fingerprint density at radius 2 is 1.73 bits per heavy atom. The van der Waals surface area contributed by atoms with Crippen LogP contribution >= 0.6 is 22.9 Å². The minimum atomic E-state index is -5.06. The minimum Gasteiger partial charge on any atom is -0.494 e. The van der Waals surface area contributed by atoms with E-state index in [2.05, 4.69) is 4.98 Å². The van der Waals surface area contributed by atoms with E-state index in [1.54, 1.807) is 24.7 Å². The van der Waals surface area contributed by atoms with Gasteiger partial charge in [-0.05, 0) is 42.9 Å². The summed E-state index contributed by atoms with van der Waals surface area (Å²) >= 11 is 7.52. The van der Waals surface area contributed by atoms with Crippen LogP contribution in [0.15, 0.2) is 42.5 Å². The number of amides is 2. The van der Waals surface area contributed by atoms with Gasteiger partial charge in [0.15, 0.2) is 4.47 Å². The summed E-state index contributed by atoms with van der Waals surface area (Å²) < 4.78 is 45.1. The number of thiazole rings is 1. The first-order chi connectivity index (χ1) is 17.7. The number of aryl methyl sites for hydroxylation is 1. The average Bonchev–Trinajstić information content (AvgIpc) is 3.27. The van der Waals surface area contributed by atoms with Crippen molar-refractivity contribution in [2.45, 2.75) is 57.5 Å². The number of hydrogen-bond donors (Lipinski definition) is 1. The molecule has 1 N–H and O–H groups in total. The zero-order chi connectivity index (χ0) is 26.8. The standard InChI is InChI=1S/C26H29ClF3N3O3S/c1-36-20-15-14-19(23-22(20)31-25(27)37-23)12-8-3-2-4-9-13-21(34)33(32-24(35)26(28,29)30)17-16-18-10-6-5-7-11-18/h5-7,10-11,14-15H,2-4,8-9,12-13,16-17H2,1H3,(H,32,35). The Morgan fingerprint density at radius 1 is 1.03 bits per heavy atom. The molecule has 0 unspecified atom stereocenters. The van der Waals surface area contributed by atoms with Gasteiger partial charge in [-0.1, -0.05) is 67.3 Å². The second-order valence-corrected chi connectivity index (χ2v) is 10.1. The molecule has 1 heterocycles. The van der Waals surface area contributed by atoms with Crippen LogP contribution in [0.5, 0.6) is 5.75 Å². The van der Waals surface area contributed by atoms with Gasteiger partial charge in [0.05, 0.1) is 11.8 Å². The number of carbonyl (C=O) groups is 2. The predicted molar refractivity (Wildman–Crippen MR) is 139 cm³/mol. The lowest BCUT2D eigenvalue weighted by Gasteiger charge is -2.24. The molecule has 0 spiro atoms. The number of methoxy groups -OCH3 is 1. The van der Waals surface area contributed by atoms with Crippen LogP contribution in [0.4, 0.5) is 13.2 Å². The summed E-state index contributed by atoms with van der Waals surface area (Å²) in [5.74, 6) is -1.99. The van der Waals surface area contributed by atoms with Crippen LogP contribution in [0.2, 0.25) is 4.47 Å². The van der Waals surface area contributed by atoms with E-state index in [4.69, 9.17) is 16.3 Å². The molecule has 6 nitrogen and oxygen atoms in total. The number of unbranched alkanes of at least 4 members (excludes halogenated alkanes) is 4. The third-order valence-corrected chi connectivity index (χ3v) is 7.12. The lowest BCUT2D eigenvalue weighted by atomic mass is 10.0. The van der Waals surface area contributed by atoms with E-state index in [0.29, 0.717) is 23.1 Å². The fourth-order valence-corrected chi connectivity index (χ4v) is 5.11. The van der Waals surface area contributed by atoms with Crippen LogP contribution in [0.25, 0.3) is 10.2 Å². The molecule has 1 aromatic heterocycles. The van der Waals surface area contributed by atoms with Crippen molar-refractivity contribution < 1.29 is 27.5 Å². The number of alkyl halides is 3. The molecule has 2 aromatic carbocycles. The first-order valence-electron chi connectivity index (χ1n) is 12.0. The van der Waals surface area contributed by atoms with Gasteiger partial charge in [0.1, 0.15) is 11.3 Å². The molecule has 200 valence electrons. The predicted octanol–water partition coefficient (Wildman–Crippen LogP) is 6.51. The number of nitrogens with one attached hydrogen (secondary N) is 1. The summed E-state index contributed by atoms with van der Waals surface area (Å²) in [6.45, 7) is -0.0391. The number of ether oxygens (including phenoxy) is 1. The quantitative estimate of drug-likeness (QED) is 0.204. The van der Waals surface area contributed by atoms with Crippen molar-refractivity contribution >= 4 is 45.0 Å². The molecule has 0 bridgehead atoms. The van der Waals surface area contributed by atoms with Crippen LogP contribution < -0.4 is 10.2 Å². The van der Waals surface area contributed by atoms with E-state index in [9.17, 15) is 22.8 Å². The third-order valence-electron chi connectivity index (χ3n) is 5.88. The molecular weight excluding hydrogens is 527 g/mol. The van der Waals surface area contributed by atoms with Gasteiger partial charge in [0, 0.05) is 13.0 Å². The van der Waals surface area contributed by atoms with Crippen molar-refractivity contribution in [2.24, 2.45) is 0 Å². The Balaban J connectivity index is 1.43. The Labute approximate surface area is 222 Å². The molecule has 3 rings (SSSR count). The molecule has 0 saturated heterocycles. The Morgan fingerprint density at radius 3 is 2.43 bits per heavy atom. The van der Waals surface area contributed by atoms with Gasteiger partial charge in [0.25, 0.3) is 0 Å². The summed E-state index contributed by atoms with van der Waals surface area (Å²) in [5, 5.41) is 0.790. The summed E-state index contributed by atoms with van der Waals surface area (Å²) in [6, 6.07) is 13.0. The van der Waals surface area contributed by atoms with Gasteiger partial charge < -0.3 is 4.74 Å². The Hall–Kier alpha value is -2.85. The van der Waals surface area contributed by atoms with E-state index in [0.717, 1.165) is 58.5 Å². The smallest absolute Gasteiger partial charge is 0.472 e. The van der Waals surface area contributed by atoms with E-state index in [1.165, 1.54) is 11.3 Å². The number of rotatable bonds is 12. The van der Waals surface area contributed by atoms with Crippen molar-refractivity contribution in [3.05, 3.63) is 58.1 Å². The van der Waals surface area contributed by atoms with E-state index < -0.39 is 18.0 Å². The highest BCUT2D eigenvalue weighted by Crippen LogP contribution is 2.35. The molecule has 0 aliphatic rings. The van der Waals surface area contributed by atoms with Gasteiger partial charge in [-0.25, -0.2) is 4.98 Å². The maximum atomic E-state index is 12.7. The van der Waals surface area contributed by atoms with Gasteiger partial charge >= 0.3 is 12.1 Å². The largest absolute Gasteiger partial charge is 0.494 e. The number of fused-ring (bicyclic) bond motifs is 1. The van der Waals surface area contributed by atoms with E-state index >= 15 is 0 Å². The van der Waals surface area contributed by atoms with Crippen LogP contribution in [0.1, 0.15) is 49.7 Å². The zero-order valence-electron chi connectivity index (χ0n) is 20.4. The van der Waals surface area contributed by atoms with Crippen molar-refractivity contribution in [1.82, 2.24) is 15.4 Å². The lowest BCUT2D eigenvalue weighted by Crippen LogP contribution is -2.51. The van der Waals surface area contributed by atoms with Gasteiger partial charge in [-0.2, -0.15) is 13.2 Å². The molecule has 0 aliphatic carbocycles. The molecule has 37 heavy (non-hydrogen) atoms. The summed E-state index contributed by atoms with van der Waals surface area (Å²) in [7, 11) is 1.60. The minimum absolute atomic E-state index is 0.0391. The molecule has 3 aromatic rings. The summed E-state index contributed by atoms with van der Waals surface area (Å²) in [6.07, 6.45) is 0.233. The number of carbonyl (C=O) groups excluding carboxylic acids is 2. The lowest BCUT2D eigenvalue weighted by molar-refractivity contribution is -0.180. The molecule has 0 atom stereocenters. The maximum absolute atomic E-state index is 12.7. The molecule has 0 radical (unpaired) electrons. The molecule has 2 amide bonds. The zero-order valence-corrected chi connectivity index (χ0v) is 22.0. The van der Waals surface area contributed by atoms with Gasteiger partial charge in [0.2, 0.25) is 5.91 Å². The number of hydrazine groups is 1. The highest BCUT2D eigenvalue weighted by molar-refractivity contribution is 7.22. The second-order valence-electron chi connectivity index (χ2n) is 8.56. The van der Waals surface area contributed by atoms with Crippen molar-refractivity contribution in [3.8, 4) is 5.75 Å². The monoisotopic (exact) mass is 555 g/mol. The fourth-order valence-electron chi connectivity index (χ4n) is 3.94. The van der Waals surface area contributed by atoms with Gasteiger partial charge in [-0.15, -0.1) is 11.3 Å². The Bertz CT molecular complexity index is 1190. The summed E-state index contributed by atoms with van der Waals surface area (Å²) in [5.41, 5.74) is 4.51. The average molecular weight is 556 g/mol. The second kappa shape index (κ2) is 13.6. The number of hydrogen-bond acceptors (Lipinski definition) is 5. The number of nitrogens with zero attached hydrogens (tertiary/aromatic N) is 2. The molecule has 0 fully saturated rings. The van der Waals surface area contributed by atoms with Crippen LogP contribution in [0, 0.1) is 0 Å². The SMILES string of the molecule is COc1ccc(CCCCCCCC(=O)N(CCc2ccccc2)NC(=O)C(F)(F)F)c2sc(Cl)nc12. The first-order valence-corrected chi connectivity index (χ1v) is 13.2. The van der Waals surface area contributed by atoms with Crippen molar-refractivity contribution in [1.29, 1.82) is 0 Å². The molecule has 0 saturated carbocycles. The molecule has 11 heteroatoms.